The molecule has 0 saturated carbocycles. The molecule has 402 valence electrons. The molecule has 3 aromatic heterocycles. The molecule has 0 amide bonds. The minimum atomic E-state index is 0.649. The van der Waals surface area contributed by atoms with Gasteiger partial charge in [-0.05, 0) is 151 Å². The summed E-state index contributed by atoms with van der Waals surface area (Å²) in [5.41, 5.74) is 25.5. The first-order valence-corrected chi connectivity index (χ1v) is 29.3. The van der Waals surface area contributed by atoms with E-state index in [4.69, 9.17) is 14.4 Å². The third-order valence-corrected chi connectivity index (χ3v) is 16.8. The van der Waals surface area contributed by atoms with Crippen LogP contribution in [0.25, 0.3) is 161 Å². The van der Waals surface area contributed by atoms with Crippen molar-refractivity contribution < 1.29 is 4.42 Å². The Morgan fingerprint density at radius 2 is 0.616 bits per heavy atom. The van der Waals surface area contributed by atoms with Crippen LogP contribution in [-0.4, -0.2) is 14.5 Å². The zero-order valence-electron chi connectivity index (χ0n) is 46.8. The molecular weight excluding hydrogens is 1040 g/mol. The highest BCUT2D eigenvalue weighted by Gasteiger charge is 2.18. The summed E-state index contributed by atoms with van der Waals surface area (Å²) < 4.78 is 9.04. The average molecular weight is 1100 g/mol. The number of rotatable bonds is 11. The van der Waals surface area contributed by atoms with Gasteiger partial charge in [-0.2, -0.15) is 0 Å². The van der Waals surface area contributed by atoms with Crippen LogP contribution in [0.3, 0.4) is 0 Å². The minimum absolute atomic E-state index is 0.649. The second-order valence-corrected chi connectivity index (χ2v) is 22.1. The number of para-hydroxylation sites is 4. The summed E-state index contributed by atoms with van der Waals surface area (Å²) in [6.45, 7) is 0. The lowest BCUT2D eigenvalue weighted by atomic mass is 9.91. The van der Waals surface area contributed by atoms with Gasteiger partial charge < -0.3 is 8.98 Å². The van der Waals surface area contributed by atoms with E-state index >= 15 is 0 Å². The van der Waals surface area contributed by atoms with Gasteiger partial charge in [0.2, 0.25) is 0 Å². The number of hydrogen-bond acceptors (Lipinski definition) is 3. The van der Waals surface area contributed by atoms with Crippen LogP contribution in [0.5, 0.6) is 0 Å². The first-order chi connectivity index (χ1) is 42.6. The van der Waals surface area contributed by atoms with Crippen LogP contribution < -0.4 is 0 Å². The number of furan rings is 1. The largest absolute Gasteiger partial charge is 0.455 e. The molecule has 0 radical (unpaired) electrons. The van der Waals surface area contributed by atoms with Crippen molar-refractivity contribution in [1.82, 2.24) is 14.5 Å². The van der Waals surface area contributed by atoms with Crippen molar-refractivity contribution in [3.05, 3.63) is 322 Å². The Hall–Kier alpha value is -11.5. The molecule has 86 heavy (non-hydrogen) atoms. The van der Waals surface area contributed by atoms with Gasteiger partial charge in [-0.1, -0.05) is 243 Å². The lowest BCUT2D eigenvalue weighted by Crippen LogP contribution is -1.97. The highest BCUT2D eigenvalue weighted by atomic mass is 16.3. The Labute approximate surface area is 498 Å². The standard InChI is InChI=1S/C82H53N3O/c1-3-19-54(20-4-1)58-23-13-25-60(45-58)62-27-16-31-66(48-62)82-83-76(53-77(84-82)65-30-15-26-61(47-65)64-29-17-32-70(52-64)85-78-38-10-7-33-72(78)73-34-8-11-39-79(73)85)57-43-41-56(42-44-57)67-49-68(63-28-14-24-59(46-63)55-21-5-2-6-22-55)51-69(50-67)71-36-18-37-75-74-35-9-12-40-80(74)86-81(71)75/h1-53H. The van der Waals surface area contributed by atoms with Gasteiger partial charge in [-0.25, -0.2) is 9.97 Å². The number of nitrogens with zero attached hydrogens (tertiary/aromatic N) is 3. The fourth-order valence-corrected chi connectivity index (χ4v) is 12.5. The topological polar surface area (TPSA) is 43.9 Å². The zero-order valence-corrected chi connectivity index (χ0v) is 46.8. The van der Waals surface area contributed by atoms with Crippen molar-refractivity contribution in [2.24, 2.45) is 0 Å². The number of aromatic nitrogens is 3. The van der Waals surface area contributed by atoms with Gasteiger partial charge in [0.25, 0.3) is 0 Å². The highest BCUT2D eigenvalue weighted by Crippen LogP contribution is 2.42. The fraction of sp³-hybridized carbons (Fsp3) is 0. The number of benzene rings is 13. The number of fused-ring (bicyclic) bond motifs is 6. The van der Waals surface area contributed by atoms with Crippen molar-refractivity contribution in [3.63, 3.8) is 0 Å². The van der Waals surface area contributed by atoms with Gasteiger partial charge in [0.15, 0.2) is 5.82 Å². The van der Waals surface area contributed by atoms with Crippen molar-refractivity contribution in [3.8, 4) is 117 Å². The van der Waals surface area contributed by atoms with Crippen LogP contribution >= 0.6 is 0 Å². The van der Waals surface area contributed by atoms with Gasteiger partial charge in [0.05, 0.1) is 22.4 Å². The fourth-order valence-electron chi connectivity index (χ4n) is 12.5. The molecule has 13 aromatic carbocycles. The summed E-state index contributed by atoms with van der Waals surface area (Å²) in [7, 11) is 0. The summed E-state index contributed by atoms with van der Waals surface area (Å²) in [6.07, 6.45) is 0. The Kier molecular flexibility index (Phi) is 12.5. The third-order valence-electron chi connectivity index (χ3n) is 16.8. The molecule has 0 N–H and O–H groups in total. The average Bonchev–Trinajstić information content (AvgIpc) is 2.00. The van der Waals surface area contributed by atoms with E-state index in [1.807, 2.05) is 6.07 Å². The Bertz CT molecular complexity index is 5180. The highest BCUT2D eigenvalue weighted by molar-refractivity contribution is 6.11. The van der Waals surface area contributed by atoms with E-state index in [2.05, 4.69) is 320 Å². The maximum Gasteiger partial charge on any atom is 0.160 e. The molecule has 0 spiro atoms. The summed E-state index contributed by atoms with van der Waals surface area (Å²) >= 11 is 0. The maximum absolute atomic E-state index is 6.66. The molecule has 0 fully saturated rings. The van der Waals surface area contributed by atoms with E-state index in [-0.39, 0.29) is 0 Å². The van der Waals surface area contributed by atoms with Crippen molar-refractivity contribution in [2.45, 2.75) is 0 Å². The summed E-state index contributed by atoms with van der Waals surface area (Å²) in [5.74, 6) is 0.649. The summed E-state index contributed by atoms with van der Waals surface area (Å²) in [4.78, 5) is 10.9. The first-order valence-electron chi connectivity index (χ1n) is 29.3. The quantitative estimate of drug-likeness (QED) is 0.130. The van der Waals surface area contributed by atoms with Gasteiger partial charge >= 0.3 is 0 Å². The molecule has 0 atom stereocenters. The second kappa shape index (κ2) is 21.4. The smallest absolute Gasteiger partial charge is 0.160 e. The van der Waals surface area contributed by atoms with E-state index in [1.165, 1.54) is 44.1 Å². The molecule has 16 rings (SSSR count). The maximum atomic E-state index is 6.66. The van der Waals surface area contributed by atoms with E-state index in [1.54, 1.807) is 0 Å². The molecule has 16 aromatic rings. The van der Waals surface area contributed by atoms with E-state index < -0.39 is 0 Å². The number of hydrogen-bond donors (Lipinski definition) is 0. The minimum Gasteiger partial charge on any atom is -0.455 e. The Balaban J connectivity index is 0.812. The Morgan fingerprint density at radius 1 is 0.233 bits per heavy atom. The SMILES string of the molecule is c1ccc(-c2cccc(-c3cccc(-c4nc(-c5ccc(-c6cc(-c7cccc(-c8ccccc8)c7)cc(-c7cccc8c7oc7ccccc78)c6)cc5)cc(-c5cccc(-c6cccc(-n7c8ccccc8c8ccccc87)c6)c5)n4)c3)c2)cc1. The lowest BCUT2D eigenvalue weighted by molar-refractivity contribution is 0.670. The predicted octanol–water partition coefficient (Wildman–Crippen LogP) is 22.1. The summed E-state index contributed by atoms with van der Waals surface area (Å²) in [6, 6.07) is 115. The molecule has 0 aliphatic rings. The molecule has 4 nitrogen and oxygen atoms in total. The van der Waals surface area contributed by atoms with Crippen LogP contribution in [0, 0.1) is 0 Å². The van der Waals surface area contributed by atoms with Crippen LogP contribution in [-0.2, 0) is 0 Å². The molecule has 0 aliphatic heterocycles. The van der Waals surface area contributed by atoms with Gasteiger partial charge in [-0.15, -0.1) is 0 Å². The van der Waals surface area contributed by atoms with Gasteiger partial charge in [0.1, 0.15) is 11.2 Å². The zero-order chi connectivity index (χ0) is 56.9. The molecular formula is C82H53N3O. The van der Waals surface area contributed by atoms with E-state index in [9.17, 15) is 0 Å². The molecule has 0 aliphatic carbocycles. The first kappa shape index (κ1) is 50.3. The van der Waals surface area contributed by atoms with Crippen molar-refractivity contribution >= 4 is 43.7 Å². The molecule has 4 heteroatoms. The molecule has 0 unspecified atom stereocenters. The molecule has 0 bridgehead atoms. The lowest BCUT2D eigenvalue weighted by Gasteiger charge is -2.14. The molecule has 3 heterocycles. The van der Waals surface area contributed by atoms with Gasteiger partial charge in [0, 0.05) is 49.5 Å². The third kappa shape index (κ3) is 9.32. The molecule has 0 saturated heterocycles. The summed E-state index contributed by atoms with van der Waals surface area (Å²) in [5, 5.41) is 4.69. The van der Waals surface area contributed by atoms with Crippen LogP contribution in [0.2, 0.25) is 0 Å². The van der Waals surface area contributed by atoms with Crippen LogP contribution in [0.15, 0.2) is 326 Å². The van der Waals surface area contributed by atoms with E-state index in [0.29, 0.717) is 5.82 Å². The monoisotopic (exact) mass is 1100 g/mol. The van der Waals surface area contributed by atoms with Crippen LogP contribution in [0.4, 0.5) is 0 Å². The van der Waals surface area contributed by atoms with Crippen molar-refractivity contribution in [2.75, 3.05) is 0 Å². The second-order valence-electron chi connectivity index (χ2n) is 22.1. The van der Waals surface area contributed by atoms with Crippen molar-refractivity contribution in [1.29, 1.82) is 0 Å². The predicted molar refractivity (Wildman–Crippen MR) is 358 cm³/mol. The van der Waals surface area contributed by atoms with Crippen LogP contribution in [0.1, 0.15) is 0 Å². The van der Waals surface area contributed by atoms with E-state index in [0.717, 1.165) is 111 Å². The Morgan fingerprint density at radius 3 is 1.24 bits per heavy atom. The van der Waals surface area contributed by atoms with Gasteiger partial charge in [-0.3, -0.25) is 0 Å². The normalized spacial score (nSPS) is 11.5.